The van der Waals surface area contributed by atoms with E-state index in [1.807, 2.05) is 10.6 Å². The van der Waals surface area contributed by atoms with Crippen LogP contribution in [-0.2, 0) is 6.42 Å². The van der Waals surface area contributed by atoms with Crippen LogP contribution in [0.15, 0.2) is 24.3 Å². The van der Waals surface area contributed by atoms with E-state index in [9.17, 15) is 0 Å². The van der Waals surface area contributed by atoms with Crippen molar-refractivity contribution >= 4 is 16.3 Å². The van der Waals surface area contributed by atoms with Crippen LogP contribution in [-0.4, -0.2) is 19.8 Å². The number of rotatable bonds is 2. The third kappa shape index (κ3) is 1.72. The summed E-state index contributed by atoms with van der Waals surface area (Å²) in [7, 11) is 0. The van der Waals surface area contributed by atoms with Crippen LogP contribution in [0.3, 0.4) is 0 Å². The first kappa shape index (κ1) is 10.4. The Morgan fingerprint density at radius 1 is 1.29 bits per heavy atom. The molecule has 0 saturated heterocycles. The smallest absolute Gasteiger partial charge is 0.187 e. The maximum Gasteiger partial charge on any atom is 0.234 e. The van der Waals surface area contributed by atoms with Crippen molar-refractivity contribution in [2.75, 3.05) is 0 Å². The standard InChI is InChI=1S/C12H12N4S/c1-3-10-13-14-12-16(10)15-11(17-12)9-6-4-5-8(2)7-9/h4-7H,3H2,1-2H3. The summed E-state index contributed by atoms with van der Waals surface area (Å²) in [4.78, 5) is 0.860. The molecule has 0 N–H and O–H groups in total. The summed E-state index contributed by atoms with van der Waals surface area (Å²) in [5.41, 5.74) is 2.38. The van der Waals surface area contributed by atoms with Crippen molar-refractivity contribution in [2.24, 2.45) is 0 Å². The van der Waals surface area contributed by atoms with Crippen LogP contribution in [0.1, 0.15) is 18.3 Å². The fourth-order valence-corrected chi connectivity index (χ4v) is 2.63. The molecule has 86 valence electrons. The van der Waals surface area contributed by atoms with E-state index in [1.165, 1.54) is 5.56 Å². The molecule has 0 amide bonds. The van der Waals surface area contributed by atoms with Gasteiger partial charge in [0.05, 0.1) is 0 Å². The van der Waals surface area contributed by atoms with Crippen molar-refractivity contribution in [1.82, 2.24) is 19.8 Å². The van der Waals surface area contributed by atoms with Crippen LogP contribution < -0.4 is 0 Å². The summed E-state index contributed by atoms with van der Waals surface area (Å²) in [6, 6.07) is 8.34. The van der Waals surface area contributed by atoms with E-state index in [1.54, 1.807) is 11.3 Å². The van der Waals surface area contributed by atoms with Gasteiger partial charge in [0, 0.05) is 12.0 Å². The van der Waals surface area contributed by atoms with Crippen molar-refractivity contribution in [3.63, 3.8) is 0 Å². The minimum Gasteiger partial charge on any atom is -0.187 e. The van der Waals surface area contributed by atoms with Crippen LogP contribution in [0.25, 0.3) is 15.5 Å². The molecule has 0 atom stereocenters. The maximum atomic E-state index is 4.57. The highest BCUT2D eigenvalue weighted by atomic mass is 32.1. The van der Waals surface area contributed by atoms with Gasteiger partial charge in [-0.3, -0.25) is 0 Å². The molecule has 0 bridgehead atoms. The Hall–Kier alpha value is -1.75. The Labute approximate surface area is 103 Å². The fraction of sp³-hybridized carbons (Fsp3) is 0.250. The van der Waals surface area contributed by atoms with Gasteiger partial charge in [0.1, 0.15) is 5.01 Å². The number of hydrogen-bond donors (Lipinski definition) is 0. The van der Waals surface area contributed by atoms with E-state index in [0.717, 1.165) is 27.8 Å². The van der Waals surface area contributed by atoms with Gasteiger partial charge in [-0.25, -0.2) is 0 Å². The van der Waals surface area contributed by atoms with Gasteiger partial charge in [-0.05, 0) is 13.0 Å². The average molecular weight is 244 g/mol. The van der Waals surface area contributed by atoms with Gasteiger partial charge in [0.25, 0.3) is 0 Å². The summed E-state index contributed by atoms with van der Waals surface area (Å²) in [5.74, 6) is 0.912. The normalized spacial score (nSPS) is 11.2. The zero-order valence-corrected chi connectivity index (χ0v) is 10.5. The molecule has 0 spiro atoms. The van der Waals surface area contributed by atoms with Crippen LogP contribution >= 0.6 is 11.3 Å². The van der Waals surface area contributed by atoms with Crippen molar-refractivity contribution in [1.29, 1.82) is 0 Å². The largest absolute Gasteiger partial charge is 0.234 e. The Bertz CT molecular complexity index is 668. The number of aryl methyl sites for hydroxylation is 2. The summed E-state index contributed by atoms with van der Waals surface area (Å²) in [6.07, 6.45) is 0.845. The molecule has 3 aromatic rings. The SMILES string of the molecule is CCc1nnc2sc(-c3cccc(C)c3)nn12. The lowest BCUT2D eigenvalue weighted by molar-refractivity contribution is 0.838. The highest BCUT2D eigenvalue weighted by Gasteiger charge is 2.11. The zero-order chi connectivity index (χ0) is 11.8. The molecule has 0 saturated carbocycles. The van der Waals surface area contributed by atoms with Crippen molar-refractivity contribution in [3.8, 4) is 10.6 Å². The first-order valence-electron chi connectivity index (χ1n) is 5.56. The second-order valence-corrected chi connectivity index (χ2v) is 4.90. The van der Waals surface area contributed by atoms with E-state index in [4.69, 9.17) is 0 Å². The number of hydrogen-bond acceptors (Lipinski definition) is 4. The van der Waals surface area contributed by atoms with Crippen molar-refractivity contribution in [3.05, 3.63) is 35.7 Å². The van der Waals surface area contributed by atoms with E-state index in [0.29, 0.717) is 0 Å². The minimum absolute atomic E-state index is 0.845. The number of aromatic nitrogens is 4. The van der Waals surface area contributed by atoms with E-state index in [2.05, 4.69) is 47.3 Å². The van der Waals surface area contributed by atoms with E-state index < -0.39 is 0 Å². The lowest BCUT2D eigenvalue weighted by Crippen LogP contribution is -1.93. The maximum absolute atomic E-state index is 4.57. The third-order valence-electron chi connectivity index (χ3n) is 2.64. The van der Waals surface area contributed by atoms with Gasteiger partial charge in [0.15, 0.2) is 5.82 Å². The molecule has 0 radical (unpaired) electrons. The van der Waals surface area contributed by atoms with Gasteiger partial charge < -0.3 is 0 Å². The Morgan fingerprint density at radius 2 is 2.18 bits per heavy atom. The molecule has 0 fully saturated rings. The molecule has 0 aliphatic heterocycles. The fourth-order valence-electron chi connectivity index (χ4n) is 1.77. The van der Waals surface area contributed by atoms with Crippen LogP contribution in [0.4, 0.5) is 0 Å². The van der Waals surface area contributed by atoms with Crippen LogP contribution in [0.2, 0.25) is 0 Å². The third-order valence-corrected chi connectivity index (χ3v) is 3.58. The topological polar surface area (TPSA) is 43.1 Å². The van der Waals surface area contributed by atoms with Crippen molar-refractivity contribution < 1.29 is 0 Å². The van der Waals surface area contributed by atoms with Gasteiger partial charge in [-0.2, -0.15) is 9.61 Å². The quantitative estimate of drug-likeness (QED) is 0.696. The highest BCUT2D eigenvalue weighted by molar-refractivity contribution is 7.19. The molecule has 1 aromatic carbocycles. The average Bonchev–Trinajstić information content (AvgIpc) is 2.87. The Morgan fingerprint density at radius 3 is 2.94 bits per heavy atom. The summed E-state index contributed by atoms with van der Waals surface area (Å²) < 4.78 is 1.84. The molecule has 0 aliphatic carbocycles. The summed E-state index contributed by atoms with van der Waals surface area (Å²) >= 11 is 1.57. The second-order valence-electron chi connectivity index (χ2n) is 3.94. The first-order chi connectivity index (χ1) is 8.28. The first-order valence-corrected chi connectivity index (χ1v) is 6.37. The predicted octanol–water partition coefficient (Wildman–Crippen LogP) is 2.72. The highest BCUT2D eigenvalue weighted by Crippen LogP contribution is 2.25. The number of benzene rings is 1. The van der Waals surface area contributed by atoms with Gasteiger partial charge in [-0.15, -0.1) is 10.2 Å². The lowest BCUT2D eigenvalue weighted by Gasteiger charge is -1.96. The van der Waals surface area contributed by atoms with Gasteiger partial charge in [0.2, 0.25) is 4.96 Å². The monoisotopic (exact) mass is 244 g/mol. The number of nitrogens with zero attached hydrogens (tertiary/aromatic N) is 4. The van der Waals surface area contributed by atoms with Crippen LogP contribution in [0.5, 0.6) is 0 Å². The molecule has 2 heterocycles. The van der Waals surface area contributed by atoms with Gasteiger partial charge >= 0.3 is 0 Å². The molecule has 0 unspecified atom stereocenters. The lowest BCUT2D eigenvalue weighted by atomic mass is 10.1. The molecule has 17 heavy (non-hydrogen) atoms. The molecule has 5 heteroatoms. The van der Waals surface area contributed by atoms with E-state index in [-0.39, 0.29) is 0 Å². The number of fused-ring (bicyclic) bond motifs is 1. The van der Waals surface area contributed by atoms with Crippen LogP contribution in [0, 0.1) is 6.92 Å². The van der Waals surface area contributed by atoms with Gasteiger partial charge in [-0.1, -0.05) is 42.0 Å². The molecule has 0 aliphatic rings. The molecule has 4 nitrogen and oxygen atoms in total. The zero-order valence-electron chi connectivity index (χ0n) is 9.71. The predicted molar refractivity (Wildman–Crippen MR) is 68.2 cm³/mol. The molecule has 3 rings (SSSR count). The Kier molecular flexibility index (Phi) is 2.40. The summed E-state index contributed by atoms with van der Waals surface area (Å²) in [5, 5.41) is 13.8. The molecular formula is C12H12N4S. The Balaban J connectivity index is 2.15. The second kappa shape index (κ2) is 3.92. The van der Waals surface area contributed by atoms with Crippen molar-refractivity contribution in [2.45, 2.75) is 20.3 Å². The summed E-state index contributed by atoms with van der Waals surface area (Å²) in [6.45, 7) is 4.14. The molecular weight excluding hydrogens is 232 g/mol. The molecule has 2 aromatic heterocycles. The van der Waals surface area contributed by atoms with E-state index >= 15 is 0 Å². The minimum atomic E-state index is 0.845.